The van der Waals surface area contributed by atoms with Crippen LogP contribution in [0.4, 0.5) is 5.69 Å². The van der Waals surface area contributed by atoms with Gasteiger partial charge in [-0.2, -0.15) is 4.98 Å². The van der Waals surface area contributed by atoms with E-state index in [0.717, 1.165) is 19.3 Å². The van der Waals surface area contributed by atoms with Gasteiger partial charge in [-0.25, -0.2) is 0 Å². The second kappa shape index (κ2) is 5.44. The van der Waals surface area contributed by atoms with Crippen molar-refractivity contribution in [2.75, 3.05) is 12.8 Å². The van der Waals surface area contributed by atoms with E-state index in [1.54, 1.807) is 25.6 Å². The van der Waals surface area contributed by atoms with E-state index in [2.05, 4.69) is 22.0 Å². The molecule has 2 aromatic heterocycles. The van der Waals surface area contributed by atoms with Crippen LogP contribution in [0.1, 0.15) is 38.4 Å². The summed E-state index contributed by atoms with van der Waals surface area (Å²) in [4.78, 5) is 8.50. The molecule has 21 heavy (non-hydrogen) atoms. The van der Waals surface area contributed by atoms with Crippen molar-refractivity contribution in [3.05, 3.63) is 24.3 Å². The van der Waals surface area contributed by atoms with Gasteiger partial charge in [0, 0.05) is 13.3 Å². The van der Waals surface area contributed by atoms with Crippen molar-refractivity contribution < 1.29 is 9.26 Å². The lowest BCUT2D eigenvalue weighted by Gasteiger charge is -2.36. The summed E-state index contributed by atoms with van der Waals surface area (Å²) in [6, 6.07) is 1.77. The lowest BCUT2D eigenvalue weighted by molar-refractivity contribution is -0.0658. The number of hydrogen-bond donors (Lipinski definition) is 1. The number of methoxy groups -OCH3 is 1. The second-order valence-electron chi connectivity index (χ2n) is 5.79. The third kappa shape index (κ3) is 2.51. The molecule has 2 unspecified atom stereocenters. The molecule has 0 aromatic carbocycles. The van der Waals surface area contributed by atoms with Gasteiger partial charge in [-0.15, -0.1) is 0 Å². The third-order valence-electron chi connectivity index (χ3n) is 4.26. The summed E-state index contributed by atoms with van der Waals surface area (Å²) in [6.07, 6.45) is 7.38. The van der Waals surface area contributed by atoms with Gasteiger partial charge in [-0.05, 0) is 31.2 Å². The minimum absolute atomic E-state index is 0.416. The summed E-state index contributed by atoms with van der Waals surface area (Å²) < 4.78 is 11.2. The number of nitrogens with two attached hydrogens (primary N) is 1. The first-order valence-corrected chi connectivity index (χ1v) is 7.24. The predicted molar refractivity (Wildman–Crippen MR) is 78.3 cm³/mol. The Labute approximate surface area is 123 Å². The predicted octanol–water partition coefficient (Wildman–Crippen LogP) is 2.77. The van der Waals surface area contributed by atoms with Crippen molar-refractivity contribution >= 4 is 5.69 Å². The van der Waals surface area contributed by atoms with Crippen molar-refractivity contribution in [2.24, 2.45) is 5.92 Å². The molecular weight excluding hydrogens is 268 g/mol. The highest BCUT2D eigenvalue weighted by Crippen LogP contribution is 2.41. The third-order valence-corrected chi connectivity index (χ3v) is 4.26. The lowest BCUT2D eigenvalue weighted by atomic mass is 9.78. The van der Waals surface area contributed by atoms with E-state index in [4.69, 9.17) is 15.0 Å². The van der Waals surface area contributed by atoms with Gasteiger partial charge in [0.1, 0.15) is 5.60 Å². The Balaban J connectivity index is 1.95. The minimum Gasteiger partial charge on any atom is -0.397 e. The maximum atomic E-state index is 5.91. The molecule has 0 amide bonds. The van der Waals surface area contributed by atoms with Gasteiger partial charge in [0.15, 0.2) is 0 Å². The van der Waals surface area contributed by atoms with Gasteiger partial charge < -0.3 is 15.0 Å². The summed E-state index contributed by atoms with van der Waals surface area (Å²) >= 11 is 0. The molecule has 1 saturated carbocycles. The second-order valence-corrected chi connectivity index (χ2v) is 5.79. The highest BCUT2D eigenvalue weighted by molar-refractivity contribution is 5.68. The summed E-state index contributed by atoms with van der Waals surface area (Å²) in [7, 11) is 1.72. The quantitative estimate of drug-likeness (QED) is 0.934. The number of pyridine rings is 1. The maximum absolute atomic E-state index is 5.91. The Morgan fingerprint density at radius 3 is 3.05 bits per heavy atom. The normalized spacial score (nSPS) is 25.9. The monoisotopic (exact) mass is 288 g/mol. The summed E-state index contributed by atoms with van der Waals surface area (Å²) in [5, 5.41) is 4.15. The van der Waals surface area contributed by atoms with Gasteiger partial charge in [0.25, 0.3) is 5.89 Å². The van der Waals surface area contributed by atoms with Crippen LogP contribution in [-0.4, -0.2) is 22.2 Å². The van der Waals surface area contributed by atoms with E-state index < -0.39 is 5.60 Å². The highest BCUT2D eigenvalue weighted by atomic mass is 16.5. The van der Waals surface area contributed by atoms with Crippen molar-refractivity contribution in [1.82, 2.24) is 15.1 Å². The van der Waals surface area contributed by atoms with Crippen molar-refractivity contribution in [2.45, 2.75) is 38.2 Å². The maximum Gasteiger partial charge on any atom is 0.260 e. The molecule has 1 fully saturated rings. The van der Waals surface area contributed by atoms with Gasteiger partial charge in [0.2, 0.25) is 5.82 Å². The lowest BCUT2D eigenvalue weighted by Crippen LogP contribution is -2.35. The standard InChI is InChI=1S/C15H20N4O2/c1-10-4-3-6-15(8-10,20-2)14-18-13(21-19-14)11-5-7-17-9-12(11)16/h5,7,9-10H,3-4,6,8,16H2,1-2H3. The van der Waals surface area contributed by atoms with Gasteiger partial charge >= 0.3 is 0 Å². The molecule has 6 nitrogen and oxygen atoms in total. The van der Waals surface area contributed by atoms with Gasteiger partial charge in [-0.1, -0.05) is 18.5 Å². The minimum atomic E-state index is -0.443. The van der Waals surface area contributed by atoms with E-state index in [9.17, 15) is 0 Å². The number of nitrogen functional groups attached to an aromatic ring is 1. The van der Waals surface area contributed by atoms with Crippen molar-refractivity contribution in [3.8, 4) is 11.5 Å². The summed E-state index contributed by atoms with van der Waals surface area (Å²) in [6.45, 7) is 2.23. The Morgan fingerprint density at radius 2 is 2.33 bits per heavy atom. The van der Waals surface area contributed by atoms with Crippen LogP contribution >= 0.6 is 0 Å². The Hall–Kier alpha value is -1.95. The van der Waals surface area contributed by atoms with Crippen LogP contribution < -0.4 is 5.73 Å². The van der Waals surface area contributed by atoms with E-state index in [0.29, 0.717) is 28.9 Å². The molecule has 0 saturated heterocycles. The first kappa shape index (κ1) is 14.0. The van der Waals surface area contributed by atoms with Gasteiger partial charge in [-0.3, -0.25) is 4.98 Å². The average Bonchev–Trinajstić information content (AvgIpc) is 2.98. The van der Waals surface area contributed by atoms with Crippen LogP contribution in [0.15, 0.2) is 23.0 Å². The van der Waals surface area contributed by atoms with E-state index in [1.807, 2.05) is 0 Å². The molecule has 0 bridgehead atoms. The number of aromatic nitrogens is 3. The van der Waals surface area contributed by atoms with Gasteiger partial charge in [0.05, 0.1) is 17.4 Å². The highest BCUT2D eigenvalue weighted by Gasteiger charge is 2.41. The zero-order chi connectivity index (χ0) is 14.9. The molecule has 2 aromatic rings. The molecule has 0 aliphatic heterocycles. The Kier molecular flexibility index (Phi) is 3.63. The molecule has 112 valence electrons. The van der Waals surface area contributed by atoms with Crippen LogP contribution in [-0.2, 0) is 10.3 Å². The summed E-state index contributed by atoms with van der Waals surface area (Å²) in [5.41, 5.74) is 6.69. The molecule has 6 heteroatoms. The Bertz CT molecular complexity index is 628. The number of hydrogen-bond acceptors (Lipinski definition) is 6. The van der Waals surface area contributed by atoms with Crippen molar-refractivity contribution in [3.63, 3.8) is 0 Å². The number of nitrogens with zero attached hydrogens (tertiary/aromatic N) is 3. The SMILES string of the molecule is COC1(c2noc(-c3ccncc3N)n2)CCCC(C)C1. The largest absolute Gasteiger partial charge is 0.397 e. The molecule has 1 aliphatic carbocycles. The Morgan fingerprint density at radius 1 is 1.48 bits per heavy atom. The van der Waals surface area contributed by atoms with Crippen LogP contribution in [0, 0.1) is 5.92 Å². The van der Waals surface area contributed by atoms with Crippen molar-refractivity contribution in [1.29, 1.82) is 0 Å². The first-order valence-electron chi connectivity index (χ1n) is 7.24. The molecule has 0 spiro atoms. The number of ether oxygens (including phenoxy) is 1. The van der Waals surface area contributed by atoms with Crippen LogP contribution in [0.2, 0.25) is 0 Å². The molecule has 1 aliphatic rings. The fourth-order valence-electron chi connectivity index (χ4n) is 3.10. The fraction of sp³-hybridized carbons (Fsp3) is 0.533. The molecule has 3 rings (SSSR count). The smallest absolute Gasteiger partial charge is 0.260 e. The summed E-state index contributed by atoms with van der Waals surface area (Å²) in [5.74, 6) is 1.62. The molecule has 2 atom stereocenters. The zero-order valence-corrected chi connectivity index (χ0v) is 12.4. The molecular formula is C15H20N4O2. The van der Waals surface area contributed by atoms with E-state index in [1.165, 1.54) is 6.42 Å². The van der Waals surface area contributed by atoms with Crippen LogP contribution in [0.5, 0.6) is 0 Å². The topological polar surface area (TPSA) is 87.1 Å². The fourth-order valence-corrected chi connectivity index (χ4v) is 3.10. The van der Waals surface area contributed by atoms with E-state index in [-0.39, 0.29) is 0 Å². The van der Waals surface area contributed by atoms with E-state index >= 15 is 0 Å². The molecule has 2 heterocycles. The average molecular weight is 288 g/mol. The zero-order valence-electron chi connectivity index (χ0n) is 12.4. The van der Waals surface area contributed by atoms with Crippen LogP contribution in [0.3, 0.4) is 0 Å². The molecule has 0 radical (unpaired) electrons. The molecule has 2 N–H and O–H groups in total. The number of rotatable bonds is 3. The number of anilines is 1. The first-order chi connectivity index (χ1) is 10.1. The van der Waals surface area contributed by atoms with Crippen LogP contribution in [0.25, 0.3) is 11.5 Å².